The van der Waals surface area contributed by atoms with E-state index in [4.69, 9.17) is 0 Å². The molecule has 130 valence electrons. The van der Waals surface area contributed by atoms with Crippen molar-refractivity contribution in [3.63, 3.8) is 0 Å². The summed E-state index contributed by atoms with van der Waals surface area (Å²) >= 11 is 1.56. The highest BCUT2D eigenvalue weighted by atomic mass is 32.2. The Morgan fingerprint density at radius 2 is 1.85 bits per heavy atom. The topological polar surface area (TPSA) is 54.9 Å². The Bertz CT molecular complexity index is 905. The van der Waals surface area contributed by atoms with Crippen LogP contribution in [0.3, 0.4) is 0 Å². The van der Waals surface area contributed by atoms with Crippen LogP contribution < -0.4 is 5.32 Å². The molecule has 0 fully saturated rings. The lowest BCUT2D eigenvalue weighted by Gasteiger charge is -2.06. The third-order valence-electron chi connectivity index (χ3n) is 3.69. The van der Waals surface area contributed by atoms with E-state index >= 15 is 0 Å². The number of amides is 1. The molecule has 0 saturated heterocycles. The SMILES string of the molecule is C=CC(=O)Nc1ccc(Sc2ccnc(Cc3ccc(C)cc3)n2)cc1. The zero-order valence-corrected chi connectivity index (χ0v) is 15.3. The van der Waals surface area contributed by atoms with Crippen molar-refractivity contribution in [3.8, 4) is 0 Å². The maximum Gasteiger partial charge on any atom is 0.247 e. The molecule has 0 radical (unpaired) electrons. The zero-order chi connectivity index (χ0) is 18.4. The van der Waals surface area contributed by atoms with E-state index in [2.05, 4.69) is 53.1 Å². The first-order valence-electron chi connectivity index (χ1n) is 8.21. The second-order valence-electron chi connectivity index (χ2n) is 5.79. The predicted octanol–water partition coefficient (Wildman–Crippen LogP) is 4.65. The summed E-state index contributed by atoms with van der Waals surface area (Å²) in [6, 6.07) is 17.9. The molecule has 3 aromatic rings. The quantitative estimate of drug-likeness (QED) is 0.513. The van der Waals surface area contributed by atoms with Gasteiger partial charge in [-0.2, -0.15) is 0 Å². The maximum absolute atomic E-state index is 11.3. The third-order valence-corrected chi connectivity index (χ3v) is 4.64. The van der Waals surface area contributed by atoms with Gasteiger partial charge in [0.15, 0.2) is 0 Å². The monoisotopic (exact) mass is 361 g/mol. The molecule has 1 heterocycles. The van der Waals surface area contributed by atoms with Gasteiger partial charge in [0.25, 0.3) is 0 Å². The Morgan fingerprint density at radius 1 is 1.12 bits per heavy atom. The zero-order valence-electron chi connectivity index (χ0n) is 14.5. The first-order valence-corrected chi connectivity index (χ1v) is 9.03. The largest absolute Gasteiger partial charge is 0.323 e. The number of benzene rings is 2. The van der Waals surface area contributed by atoms with Gasteiger partial charge in [-0.3, -0.25) is 4.79 Å². The molecule has 3 rings (SSSR count). The molecular weight excluding hydrogens is 342 g/mol. The molecule has 1 aromatic heterocycles. The van der Waals surface area contributed by atoms with Crippen LogP contribution in [-0.2, 0) is 11.2 Å². The fourth-order valence-electron chi connectivity index (χ4n) is 2.33. The highest BCUT2D eigenvalue weighted by Crippen LogP contribution is 2.27. The number of aryl methyl sites for hydroxylation is 1. The average molecular weight is 361 g/mol. The number of hydrogen-bond donors (Lipinski definition) is 1. The second kappa shape index (κ2) is 8.45. The van der Waals surface area contributed by atoms with Crippen LogP contribution in [0, 0.1) is 6.92 Å². The van der Waals surface area contributed by atoms with Crippen LogP contribution in [0.2, 0.25) is 0 Å². The molecule has 1 amide bonds. The molecule has 0 saturated carbocycles. The summed E-state index contributed by atoms with van der Waals surface area (Å²) in [4.78, 5) is 21.4. The first-order chi connectivity index (χ1) is 12.6. The van der Waals surface area contributed by atoms with Gasteiger partial charge in [-0.1, -0.05) is 48.2 Å². The highest BCUT2D eigenvalue weighted by Gasteiger charge is 2.04. The van der Waals surface area contributed by atoms with Crippen molar-refractivity contribution in [2.24, 2.45) is 0 Å². The van der Waals surface area contributed by atoms with Gasteiger partial charge in [0, 0.05) is 23.2 Å². The summed E-state index contributed by atoms with van der Waals surface area (Å²) in [5.41, 5.74) is 3.17. The minimum atomic E-state index is -0.220. The van der Waals surface area contributed by atoms with Crippen molar-refractivity contribution in [1.29, 1.82) is 0 Å². The molecule has 0 aliphatic heterocycles. The molecule has 0 spiro atoms. The van der Waals surface area contributed by atoms with Gasteiger partial charge in [0.2, 0.25) is 5.91 Å². The Labute approximate surface area is 157 Å². The smallest absolute Gasteiger partial charge is 0.247 e. The molecule has 0 aliphatic rings. The van der Waals surface area contributed by atoms with Crippen LogP contribution in [0.1, 0.15) is 17.0 Å². The minimum absolute atomic E-state index is 0.220. The minimum Gasteiger partial charge on any atom is -0.323 e. The van der Waals surface area contributed by atoms with Crippen molar-refractivity contribution in [2.45, 2.75) is 23.3 Å². The average Bonchev–Trinajstić information content (AvgIpc) is 2.65. The van der Waals surface area contributed by atoms with Gasteiger partial charge in [0.05, 0.1) is 0 Å². The molecule has 5 heteroatoms. The summed E-state index contributed by atoms with van der Waals surface area (Å²) in [6.07, 6.45) is 3.75. The standard InChI is InChI=1S/C21H19N3OS/c1-3-20(25)23-17-8-10-18(11-9-17)26-21-12-13-22-19(24-21)14-16-6-4-15(2)5-7-16/h3-13H,1,14H2,2H3,(H,23,25). The molecule has 0 aliphatic carbocycles. The second-order valence-corrected chi connectivity index (χ2v) is 6.89. The van der Waals surface area contributed by atoms with E-state index in [0.29, 0.717) is 6.42 Å². The Hall–Kier alpha value is -2.92. The molecule has 0 bridgehead atoms. The van der Waals surface area contributed by atoms with Crippen LogP contribution in [0.5, 0.6) is 0 Å². The summed E-state index contributed by atoms with van der Waals surface area (Å²) in [7, 11) is 0. The molecule has 0 atom stereocenters. The van der Waals surface area contributed by atoms with E-state index in [1.165, 1.54) is 17.2 Å². The Morgan fingerprint density at radius 3 is 2.54 bits per heavy atom. The Balaban J connectivity index is 1.67. The highest BCUT2D eigenvalue weighted by molar-refractivity contribution is 7.99. The summed E-state index contributed by atoms with van der Waals surface area (Å²) in [5, 5.41) is 3.62. The van der Waals surface area contributed by atoms with E-state index < -0.39 is 0 Å². The lowest BCUT2D eigenvalue weighted by Crippen LogP contribution is -2.06. The number of carbonyl (C=O) groups is 1. The van der Waals surface area contributed by atoms with Gasteiger partial charge in [-0.25, -0.2) is 9.97 Å². The van der Waals surface area contributed by atoms with Gasteiger partial charge in [-0.15, -0.1) is 0 Å². The lowest BCUT2D eigenvalue weighted by atomic mass is 10.1. The van der Waals surface area contributed by atoms with Gasteiger partial charge >= 0.3 is 0 Å². The fourth-order valence-corrected chi connectivity index (χ4v) is 3.12. The molecule has 4 nitrogen and oxygen atoms in total. The molecule has 1 N–H and O–H groups in total. The van der Waals surface area contributed by atoms with Gasteiger partial charge in [-0.05, 0) is 48.9 Å². The van der Waals surface area contributed by atoms with Crippen LogP contribution in [-0.4, -0.2) is 15.9 Å². The molecule has 26 heavy (non-hydrogen) atoms. The number of nitrogens with zero attached hydrogens (tertiary/aromatic N) is 2. The maximum atomic E-state index is 11.3. The van der Waals surface area contributed by atoms with Crippen molar-refractivity contribution in [3.05, 3.63) is 90.4 Å². The molecule has 0 unspecified atom stereocenters. The summed E-state index contributed by atoms with van der Waals surface area (Å²) in [5.74, 6) is 0.579. The van der Waals surface area contributed by atoms with Gasteiger partial charge < -0.3 is 5.32 Å². The van der Waals surface area contributed by atoms with Crippen LogP contribution in [0.25, 0.3) is 0 Å². The lowest BCUT2D eigenvalue weighted by molar-refractivity contribution is -0.111. The van der Waals surface area contributed by atoms with Crippen LogP contribution >= 0.6 is 11.8 Å². The van der Waals surface area contributed by atoms with Crippen molar-refractivity contribution in [1.82, 2.24) is 9.97 Å². The fraction of sp³-hybridized carbons (Fsp3) is 0.0952. The number of carbonyl (C=O) groups excluding carboxylic acids is 1. The van der Waals surface area contributed by atoms with Crippen molar-refractivity contribution in [2.75, 3.05) is 5.32 Å². The third kappa shape index (κ3) is 5.04. The van der Waals surface area contributed by atoms with Crippen LogP contribution in [0.15, 0.2) is 83.4 Å². The Kier molecular flexibility index (Phi) is 5.81. The van der Waals surface area contributed by atoms with E-state index in [1.807, 2.05) is 30.3 Å². The number of anilines is 1. The number of nitrogens with one attached hydrogen (secondary N) is 1. The first kappa shape index (κ1) is 17.9. The van der Waals surface area contributed by atoms with Gasteiger partial charge in [0.1, 0.15) is 10.9 Å². The summed E-state index contributed by atoms with van der Waals surface area (Å²) in [6.45, 7) is 5.52. The van der Waals surface area contributed by atoms with E-state index in [9.17, 15) is 4.79 Å². The van der Waals surface area contributed by atoms with Crippen molar-refractivity contribution >= 4 is 23.4 Å². The van der Waals surface area contributed by atoms with Crippen molar-refractivity contribution < 1.29 is 4.79 Å². The van der Waals surface area contributed by atoms with E-state index in [0.717, 1.165) is 21.4 Å². The number of rotatable bonds is 6. The van der Waals surface area contributed by atoms with E-state index in [1.54, 1.807) is 18.0 Å². The summed E-state index contributed by atoms with van der Waals surface area (Å²) < 4.78 is 0. The molecular formula is C21H19N3OS. The number of hydrogen-bond acceptors (Lipinski definition) is 4. The van der Waals surface area contributed by atoms with E-state index in [-0.39, 0.29) is 5.91 Å². The van der Waals surface area contributed by atoms with Crippen LogP contribution in [0.4, 0.5) is 5.69 Å². The molecule has 2 aromatic carbocycles. The normalized spacial score (nSPS) is 10.3. The number of aromatic nitrogens is 2. The predicted molar refractivity (Wildman–Crippen MR) is 105 cm³/mol.